The van der Waals surface area contributed by atoms with Crippen LogP contribution in [-0.2, 0) is 6.18 Å². The van der Waals surface area contributed by atoms with Crippen molar-refractivity contribution >= 4 is 29.9 Å². The molecule has 10 heteroatoms. The normalized spacial score (nSPS) is 20.6. The van der Waals surface area contributed by atoms with Crippen LogP contribution in [-0.4, -0.2) is 72.7 Å². The van der Waals surface area contributed by atoms with Crippen LogP contribution in [0.3, 0.4) is 0 Å². The number of alkyl halides is 3. The minimum Gasteiger partial charge on any atom is -0.476 e. The Balaban J connectivity index is 0.00000300. The fourth-order valence-corrected chi connectivity index (χ4v) is 3.70. The van der Waals surface area contributed by atoms with Crippen molar-refractivity contribution in [1.82, 2.24) is 20.1 Å². The lowest BCUT2D eigenvalue weighted by Gasteiger charge is -2.25. The quantitative estimate of drug-likeness (QED) is 0.267. The van der Waals surface area contributed by atoms with E-state index in [1.54, 1.807) is 0 Å². The van der Waals surface area contributed by atoms with Crippen LogP contribution in [0.25, 0.3) is 0 Å². The van der Waals surface area contributed by atoms with E-state index in [-0.39, 0.29) is 36.5 Å². The third-order valence-electron chi connectivity index (χ3n) is 5.12. The molecule has 1 N–H and O–H groups in total. The molecule has 29 heavy (non-hydrogen) atoms. The zero-order valence-corrected chi connectivity index (χ0v) is 19.0. The van der Waals surface area contributed by atoms with E-state index < -0.39 is 11.7 Å². The zero-order valence-electron chi connectivity index (χ0n) is 16.6. The number of nitrogens with zero attached hydrogens (tertiary/aromatic N) is 4. The van der Waals surface area contributed by atoms with Gasteiger partial charge in [-0.2, -0.15) is 13.2 Å². The van der Waals surface area contributed by atoms with Gasteiger partial charge in [0.05, 0.1) is 12.1 Å². The summed E-state index contributed by atoms with van der Waals surface area (Å²) < 4.78 is 43.1. The van der Waals surface area contributed by atoms with Crippen molar-refractivity contribution in [2.24, 2.45) is 4.99 Å². The van der Waals surface area contributed by atoms with Crippen LogP contribution in [0.2, 0.25) is 0 Å². The van der Waals surface area contributed by atoms with Gasteiger partial charge in [-0.1, -0.05) is 0 Å². The Kier molecular flexibility index (Phi) is 9.25. The average molecular weight is 527 g/mol. The Morgan fingerprint density at radius 1 is 1.28 bits per heavy atom. The Morgan fingerprint density at radius 3 is 2.66 bits per heavy atom. The lowest BCUT2D eigenvalue weighted by atomic mass is 10.2. The Hall–Kier alpha value is -1.30. The molecule has 2 fully saturated rings. The summed E-state index contributed by atoms with van der Waals surface area (Å²) in [6.45, 7) is 7.84. The van der Waals surface area contributed by atoms with Crippen molar-refractivity contribution in [2.75, 3.05) is 45.9 Å². The lowest BCUT2D eigenvalue weighted by molar-refractivity contribution is -0.137. The number of hydrogen-bond acceptors (Lipinski definition) is 4. The van der Waals surface area contributed by atoms with Crippen LogP contribution in [0.4, 0.5) is 13.2 Å². The van der Waals surface area contributed by atoms with E-state index in [0.717, 1.165) is 44.3 Å². The fourth-order valence-electron chi connectivity index (χ4n) is 3.70. The minimum atomic E-state index is -4.39. The molecule has 0 aromatic carbocycles. The van der Waals surface area contributed by atoms with Gasteiger partial charge in [-0.25, -0.2) is 9.98 Å². The second-order valence-electron chi connectivity index (χ2n) is 7.10. The molecule has 0 aliphatic carbocycles. The molecule has 6 nitrogen and oxygen atoms in total. The average Bonchev–Trinajstić information content (AvgIpc) is 3.35. The van der Waals surface area contributed by atoms with Gasteiger partial charge in [0.1, 0.15) is 6.61 Å². The largest absolute Gasteiger partial charge is 0.476 e. The number of nitrogens with one attached hydrogen (secondary N) is 1. The van der Waals surface area contributed by atoms with Crippen LogP contribution < -0.4 is 10.1 Å². The third kappa shape index (κ3) is 6.87. The van der Waals surface area contributed by atoms with Gasteiger partial charge in [0.15, 0.2) is 5.96 Å². The van der Waals surface area contributed by atoms with Gasteiger partial charge in [0, 0.05) is 37.9 Å². The predicted molar refractivity (Wildman–Crippen MR) is 117 cm³/mol. The van der Waals surface area contributed by atoms with E-state index in [4.69, 9.17) is 4.74 Å². The first kappa shape index (κ1) is 24.0. The summed E-state index contributed by atoms with van der Waals surface area (Å²) in [6.07, 6.45) is 0.126. The SMILES string of the molecule is CCNC(=NCCOc1ccc(C(F)(F)F)cn1)N1CCC(N2CCCC2)C1.I. The second-order valence-corrected chi connectivity index (χ2v) is 7.10. The molecule has 1 aromatic heterocycles. The van der Waals surface area contributed by atoms with Gasteiger partial charge in [-0.15, -0.1) is 24.0 Å². The zero-order chi connectivity index (χ0) is 20.0. The molecule has 0 saturated carbocycles. The number of halogens is 4. The van der Waals surface area contributed by atoms with Crippen molar-refractivity contribution < 1.29 is 17.9 Å². The molecule has 0 bridgehead atoms. The lowest BCUT2D eigenvalue weighted by Crippen LogP contribution is -2.42. The van der Waals surface area contributed by atoms with Crippen molar-refractivity contribution in [3.8, 4) is 5.88 Å². The first-order valence-electron chi connectivity index (χ1n) is 9.90. The van der Waals surface area contributed by atoms with Crippen molar-refractivity contribution in [3.05, 3.63) is 23.9 Å². The highest BCUT2D eigenvalue weighted by molar-refractivity contribution is 14.0. The highest BCUT2D eigenvalue weighted by Crippen LogP contribution is 2.29. The highest BCUT2D eigenvalue weighted by Gasteiger charge is 2.31. The number of rotatable bonds is 6. The maximum absolute atomic E-state index is 12.5. The van der Waals surface area contributed by atoms with E-state index in [1.807, 2.05) is 6.92 Å². The molecule has 1 aromatic rings. The number of hydrogen-bond donors (Lipinski definition) is 1. The highest BCUT2D eigenvalue weighted by atomic mass is 127. The van der Waals surface area contributed by atoms with Gasteiger partial charge in [0.2, 0.25) is 5.88 Å². The van der Waals surface area contributed by atoms with E-state index in [1.165, 1.54) is 32.0 Å². The van der Waals surface area contributed by atoms with Crippen molar-refractivity contribution in [3.63, 3.8) is 0 Å². The standard InChI is InChI=1S/C19H28F3N5O.HI/c1-2-23-18(27-11-7-16(14-27)26-9-3-4-10-26)24-8-12-28-17-6-5-15(13-25-17)19(20,21)22;/h5-6,13,16H,2-4,7-12,14H2,1H3,(H,23,24);1H. The number of pyridine rings is 1. The van der Waals surface area contributed by atoms with E-state index in [9.17, 15) is 13.2 Å². The molecule has 0 radical (unpaired) electrons. The Bertz CT molecular complexity index is 650. The number of aliphatic imine (C=N–C) groups is 1. The first-order valence-corrected chi connectivity index (χ1v) is 9.90. The molecular formula is C19H29F3IN5O. The Labute approximate surface area is 186 Å². The van der Waals surface area contributed by atoms with Crippen LogP contribution in [0.1, 0.15) is 31.7 Å². The van der Waals surface area contributed by atoms with Gasteiger partial charge in [-0.05, 0) is 45.3 Å². The maximum Gasteiger partial charge on any atom is 0.417 e. The molecule has 1 atom stereocenters. The summed E-state index contributed by atoms with van der Waals surface area (Å²) in [4.78, 5) is 13.2. The molecular weight excluding hydrogens is 498 g/mol. The molecule has 2 saturated heterocycles. The predicted octanol–water partition coefficient (Wildman–Crippen LogP) is 3.23. The van der Waals surface area contributed by atoms with Crippen LogP contribution in [0, 0.1) is 0 Å². The topological polar surface area (TPSA) is 53.0 Å². The summed E-state index contributed by atoms with van der Waals surface area (Å²) >= 11 is 0. The van der Waals surface area contributed by atoms with Gasteiger partial charge >= 0.3 is 6.18 Å². The first-order chi connectivity index (χ1) is 13.5. The monoisotopic (exact) mass is 527 g/mol. The number of ether oxygens (including phenoxy) is 1. The molecule has 1 unspecified atom stereocenters. The smallest absolute Gasteiger partial charge is 0.417 e. The van der Waals surface area contributed by atoms with Gasteiger partial charge in [-0.3, -0.25) is 4.90 Å². The van der Waals surface area contributed by atoms with E-state index in [2.05, 4.69) is 25.1 Å². The van der Waals surface area contributed by atoms with Crippen molar-refractivity contribution in [1.29, 1.82) is 0 Å². The summed E-state index contributed by atoms with van der Waals surface area (Å²) in [5, 5.41) is 3.32. The summed E-state index contributed by atoms with van der Waals surface area (Å²) in [6, 6.07) is 2.80. The number of aromatic nitrogens is 1. The molecule has 0 amide bonds. The number of guanidine groups is 1. The summed E-state index contributed by atoms with van der Waals surface area (Å²) in [5.41, 5.74) is -0.783. The van der Waals surface area contributed by atoms with Crippen LogP contribution >= 0.6 is 24.0 Å². The third-order valence-corrected chi connectivity index (χ3v) is 5.12. The minimum absolute atomic E-state index is 0. The van der Waals surface area contributed by atoms with Crippen LogP contribution in [0.15, 0.2) is 23.3 Å². The number of likely N-dealkylation sites (tertiary alicyclic amines) is 2. The molecule has 164 valence electrons. The van der Waals surface area contributed by atoms with Gasteiger partial charge in [0.25, 0.3) is 0 Å². The molecule has 0 spiro atoms. The van der Waals surface area contributed by atoms with Crippen molar-refractivity contribution in [2.45, 2.75) is 38.4 Å². The summed E-state index contributed by atoms with van der Waals surface area (Å²) in [5.74, 6) is 1.04. The fraction of sp³-hybridized carbons (Fsp3) is 0.684. The van der Waals surface area contributed by atoms with E-state index in [0.29, 0.717) is 12.6 Å². The molecule has 2 aliphatic heterocycles. The summed E-state index contributed by atoms with van der Waals surface area (Å²) in [7, 11) is 0. The molecule has 2 aliphatic rings. The van der Waals surface area contributed by atoms with Crippen LogP contribution in [0.5, 0.6) is 5.88 Å². The maximum atomic E-state index is 12.5. The Morgan fingerprint density at radius 2 is 2.03 bits per heavy atom. The second kappa shape index (κ2) is 11.2. The van der Waals surface area contributed by atoms with E-state index >= 15 is 0 Å². The van der Waals surface area contributed by atoms with Gasteiger partial charge < -0.3 is 15.0 Å². The molecule has 3 rings (SSSR count). The molecule has 3 heterocycles.